The normalized spacial score (nSPS) is 15.9. The summed E-state index contributed by atoms with van der Waals surface area (Å²) in [6.07, 6.45) is -12.1. The van der Waals surface area contributed by atoms with Crippen LogP contribution in [0.25, 0.3) is 0 Å². The van der Waals surface area contributed by atoms with Crippen LogP contribution in [0.3, 0.4) is 0 Å². The van der Waals surface area contributed by atoms with Crippen LogP contribution in [0.2, 0.25) is 0 Å². The number of alkyl halides is 18. The quantitative estimate of drug-likeness (QED) is 0.227. The molecule has 0 rings (SSSR count). The molecule has 0 atom stereocenters. The molecule has 0 saturated carbocycles. The van der Waals surface area contributed by atoms with Crippen molar-refractivity contribution in [2.45, 2.75) is 59.9 Å². The first-order valence-corrected chi connectivity index (χ1v) is 6.49. The zero-order chi connectivity index (χ0) is 23.4. The molecule has 0 amide bonds. The van der Waals surface area contributed by atoms with E-state index in [9.17, 15) is 74.6 Å². The van der Waals surface area contributed by atoms with Gasteiger partial charge in [0.15, 0.2) is 0 Å². The largest absolute Gasteiger partial charge is 0.393 e. The van der Waals surface area contributed by atoms with Crippen molar-refractivity contribution in [3.8, 4) is 0 Å². The van der Waals surface area contributed by atoms with Crippen LogP contribution in [-0.4, -0.2) is 58.1 Å². The lowest BCUT2D eigenvalue weighted by Crippen LogP contribution is -2.72. The van der Waals surface area contributed by atoms with Crippen molar-refractivity contribution in [3.63, 3.8) is 0 Å². The van der Waals surface area contributed by atoms with Crippen LogP contribution in [0.5, 0.6) is 0 Å². The van der Waals surface area contributed by atoms with Gasteiger partial charge in [0.05, 0.1) is 0 Å². The molecule has 0 aliphatic heterocycles. The highest BCUT2D eigenvalue weighted by Crippen LogP contribution is 2.63. The van der Waals surface area contributed by atoms with Crippen molar-refractivity contribution in [3.05, 3.63) is 0 Å². The van der Waals surface area contributed by atoms with E-state index < -0.39 is 59.9 Å². The topological polar surface area (TPSA) is 0 Å². The van der Waals surface area contributed by atoms with E-state index in [0.29, 0.717) is 0 Å². The molecule has 29 heavy (non-hydrogen) atoms. The molecule has 0 spiro atoms. The maximum absolute atomic E-state index is 13.1. The Labute approximate surface area is 158 Å². The number of hydrogen-bond acceptors (Lipinski definition) is 0. The van der Waals surface area contributed by atoms with Gasteiger partial charge in [0.2, 0.25) is 0 Å². The monoisotopic (exact) mass is 514 g/mol. The average molecular weight is 515 g/mol. The van der Waals surface area contributed by atoms with E-state index in [2.05, 4.69) is 11.6 Å². The summed E-state index contributed by atoms with van der Waals surface area (Å²) in [5.41, 5.74) is 0. The molecule has 0 aromatic carbocycles. The van der Waals surface area contributed by atoms with Gasteiger partial charge in [-0.1, -0.05) is 0 Å². The van der Waals surface area contributed by atoms with Crippen LogP contribution in [-0.2, 0) is 0 Å². The van der Waals surface area contributed by atoms with Gasteiger partial charge >= 0.3 is 47.1 Å². The molecule has 0 fully saturated rings. The summed E-state index contributed by atoms with van der Waals surface area (Å²) in [4.78, 5) is 0. The maximum atomic E-state index is 13.1. The first-order valence-electron chi connectivity index (χ1n) is 6.11. The van der Waals surface area contributed by atoms with E-state index in [1.165, 1.54) is 0 Å². The summed E-state index contributed by atoms with van der Waals surface area (Å²) >= 11 is 3.37. The van der Waals surface area contributed by atoms with E-state index in [0.717, 1.165) is 0 Å². The zero-order valence-corrected chi connectivity index (χ0v) is 13.0. The van der Waals surface area contributed by atoms with Crippen molar-refractivity contribution in [1.82, 2.24) is 0 Å². The van der Waals surface area contributed by atoms with E-state index in [-0.39, 0.29) is 11.0 Å². The molecule has 0 heterocycles. The lowest BCUT2D eigenvalue weighted by atomic mass is 9.90. The van der Waals surface area contributed by atoms with Gasteiger partial charge in [-0.3, -0.25) is 0 Å². The van der Waals surface area contributed by atoms with Crippen molar-refractivity contribution in [1.29, 1.82) is 0 Å². The molecule has 0 aromatic heterocycles. The third-order valence-corrected chi connectivity index (χ3v) is 3.35. The Morgan fingerprint density at radius 1 is 0.414 bits per heavy atom. The van der Waals surface area contributed by atoms with Crippen LogP contribution in [0.15, 0.2) is 0 Å². The lowest BCUT2D eigenvalue weighted by molar-refractivity contribution is -0.436. The minimum atomic E-state index is -8.34. The van der Waals surface area contributed by atoms with Gasteiger partial charge in [0, 0.05) is 12.8 Å². The number of rotatable bonds is 8. The average Bonchev–Trinajstić information content (AvgIpc) is 2.42. The Morgan fingerprint density at radius 3 is 0.966 bits per heavy atom. The van der Waals surface area contributed by atoms with Gasteiger partial charge in [-0.2, -0.15) is 74.6 Å². The SMILES string of the molecule is FC(F)(F)CCC(F)(F)C(F)(F)C(F)(F)C(F)(F)C(F)(F)C(F)(F)C(F)(F)Cl.[SiH4]. The molecule has 0 aromatic rings. The van der Waals surface area contributed by atoms with Crippen molar-refractivity contribution >= 4 is 22.6 Å². The Hall–Kier alpha value is -0.683. The molecular weight excluding hydrogens is 507 g/mol. The second-order valence-corrected chi connectivity index (χ2v) is 5.66. The second kappa shape index (κ2) is 7.78. The van der Waals surface area contributed by atoms with Gasteiger partial charge in [-0.15, -0.1) is 0 Å². The Kier molecular flexibility index (Phi) is 8.18. The Balaban J connectivity index is 0. The number of hydrogen-bond donors (Lipinski definition) is 0. The summed E-state index contributed by atoms with van der Waals surface area (Å²) in [5.74, 6) is -47.1. The molecule has 0 aliphatic rings. The maximum Gasteiger partial charge on any atom is 0.393 e. The second-order valence-electron chi connectivity index (χ2n) is 5.19. The summed E-state index contributed by atoms with van der Waals surface area (Å²) < 4.78 is 216. The molecule has 0 aliphatic carbocycles. The standard InChI is InChI=1S/C10H4ClF17.H4Si/c11-10(27,28)9(25,26)8(23,24)7(21,22)6(19,20)5(17,18)3(12,13)1-2-4(14,15)16;/h1-2H2;1H4. The molecular formula is C10H8ClF17Si. The smallest absolute Gasteiger partial charge is 0.200 e. The molecule has 178 valence electrons. The predicted molar refractivity (Wildman–Crippen MR) is 67.1 cm³/mol. The van der Waals surface area contributed by atoms with Crippen LogP contribution >= 0.6 is 11.6 Å². The van der Waals surface area contributed by atoms with Crippen LogP contribution in [0.1, 0.15) is 12.8 Å². The predicted octanol–water partition coefficient (Wildman–Crippen LogP) is 5.52. The zero-order valence-electron chi connectivity index (χ0n) is 12.2. The summed E-state index contributed by atoms with van der Waals surface area (Å²) in [7, 11) is 0. The summed E-state index contributed by atoms with van der Waals surface area (Å²) in [6, 6.07) is 0. The fraction of sp³-hybridized carbons (Fsp3) is 1.00. The minimum absolute atomic E-state index is 0. The molecule has 0 nitrogen and oxygen atoms in total. The molecule has 0 bridgehead atoms. The third-order valence-electron chi connectivity index (χ3n) is 3.12. The van der Waals surface area contributed by atoms with E-state index >= 15 is 0 Å². The highest BCUT2D eigenvalue weighted by atomic mass is 35.5. The van der Waals surface area contributed by atoms with E-state index in [4.69, 9.17) is 0 Å². The fourth-order valence-corrected chi connectivity index (χ4v) is 1.57. The van der Waals surface area contributed by atoms with E-state index in [1.54, 1.807) is 0 Å². The molecule has 19 heteroatoms. The van der Waals surface area contributed by atoms with Gasteiger partial charge in [0.1, 0.15) is 0 Å². The Morgan fingerprint density at radius 2 is 0.690 bits per heavy atom. The van der Waals surface area contributed by atoms with Gasteiger partial charge in [-0.05, 0) is 22.6 Å². The Bertz CT molecular complexity index is 560. The van der Waals surface area contributed by atoms with Crippen molar-refractivity contribution in [2.75, 3.05) is 0 Å². The third kappa shape index (κ3) is 4.81. The van der Waals surface area contributed by atoms with Gasteiger partial charge < -0.3 is 0 Å². The van der Waals surface area contributed by atoms with Crippen LogP contribution in [0, 0.1) is 0 Å². The first kappa shape index (κ1) is 30.5. The molecule has 0 radical (unpaired) electrons. The summed E-state index contributed by atoms with van der Waals surface area (Å²) in [5, 5.41) is -6.76. The van der Waals surface area contributed by atoms with Gasteiger partial charge in [0.25, 0.3) is 0 Å². The number of halogens is 18. The van der Waals surface area contributed by atoms with Gasteiger partial charge in [-0.25, -0.2) is 0 Å². The van der Waals surface area contributed by atoms with Crippen molar-refractivity contribution < 1.29 is 74.6 Å². The highest BCUT2D eigenvalue weighted by Gasteiger charge is 2.92. The molecule has 0 unspecified atom stereocenters. The fourth-order valence-electron chi connectivity index (χ4n) is 1.45. The first-order chi connectivity index (χ1) is 11.7. The van der Waals surface area contributed by atoms with Crippen LogP contribution < -0.4 is 0 Å². The molecule has 0 N–H and O–H groups in total. The molecule has 0 saturated heterocycles. The van der Waals surface area contributed by atoms with Crippen molar-refractivity contribution in [2.24, 2.45) is 0 Å². The van der Waals surface area contributed by atoms with Crippen LogP contribution in [0.4, 0.5) is 74.6 Å². The van der Waals surface area contributed by atoms with E-state index in [1.807, 2.05) is 0 Å². The summed E-state index contributed by atoms with van der Waals surface area (Å²) in [6.45, 7) is 0. The highest BCUT2D eigenvalue weighted by molar-refractivity contribution is 6.22. The minimum Gasteiger partial charge on any atom is -0.200 e. The lowest BCUT2D eigenvalue weighted by Gasteiger charge is -2.41.